The van der Waals surface area contributed by atoms with Gasteiger partial charge in [0.2, 0.25) is 3.70 Å². The largest absolute Gasteiger partial charge is 0.481 e. The van der Waals surface area contributed by atoms with Crippen LogP contribution in [0.5, 0.6) is 0 Å². The fourth-order valence-electron chi connectivity index (χ4n) is 1.61. The van der Waals surface area contributed by atoms with Crippen molar-refractivity contribution in [1.29, 1.82) is 0 Å². The lowest BCUT2D eigenvalue weighted by atomic mass is 10.2. The molecule has 0 radical (unpaired) electrons. The number of nitrogens with one attached hydrogen (secondary N) is 1. The number of carboxylic acid groups (broad SMARTS) is 1. The number of aromatic nitrogens is 1. The Morgan fingerprint density at radius 2 is 2.05 bits per heavy atom. The van der Waals surface area contributed by atoms with E-state index in [1.165, 1.54) is 0 Å². The second kappa shape index (κ2) is 8.08. The van der Waals surface area contributed by atoms with Gasteiger partial charge in [-0.3, -0.25) is 9.59 Å². The number of pyridine rings is 1. The number of hydrogen-bond acceptors (Lipinski definition) is 2. The average molecular weight is 377 g/mol. The molecule has 1 heterocycles. The lowest BCUT2D eigenvalue weighted by molar-refractivity contribution is -0.684. The van der Waals surface area contributed by atoms with E-state index in [1.54, 1.807) is 12.3 Å². The summed E-state index contributed by atoms with van der Waals surface area (Å²) in [5.41, 5.74) is 0.633. The number of aryl methyl sites for hydroxylation is 1. The molecule has 0 spiro atoms. The number of halogens is 1. The number of rotatable bonds is 7. The van der Waals surface area contributed by atoms with Crippen molar-refractivity contribution in [2.24, 2.45) is 7.05 Å². The number of nitrogens with zero attached hydrogens (tertiary/aromatic N) is 1. The van der Waals surface area contributed by atoms with Crippen LogP contribution < -0.4 is 9.88 Å². The van der Waals surface area contributed by atoms with Crippen molar-refractivity contribution in [2.75, 3.05) is 6.54 Å². The monoisotopic (exact) mass is 377 g/mol. The lowest BCUT2D eigenvalue weighted by Gasteiger charge is -2.04. The molecule has 104 valence electrons. The van der Waals surface area contributed by atoms with Gasteiger partial charge in [0, 0.05) is 41.6 Å². The Bertz CT molecular complexity index is 463. The van der Waals surface area contributed by atoms with E-state index < -0.39 is 5.97 Å². The molecule has 0 aliphatic heterocycles. The molecular formula is C13H18IN2O3+. The molecule has 0 atom stereocenters. The Hall–Kier alpha value is -1.18. The molecule has 5 nitrogen and oxygen atoms in total. The molecule has 19 heavy (non-hydrogen) atoms. The third kappa shape index (κ3) is 6.00. The van der Waals surface area contributed by atoms with E-state index in [9.17, 15) is 9.59 Å². The van der Waals surface area contributed by atoms with Gasteiger partial charge in [-0.15, -0.1) is 0 Å². The van der Waals surface area contributed by atoms with Gasteiger partial charge in [-0.05, 0) is 18.9 Å². The zero-order chi connectivity index (χ0) is 14.3. The predicted molar refractivity (Wildman–Crippen MR) is 78.8 cm³/mol. The molecule has 2 N–H and O–H groups in total. The Kier molecular flexibility index (Phi) is 6.75. The first-order valence-corrected chi connectivity index (χ1v) is 7.24. The van der Waals surface area contributed by atoms with Gasteiger partial charge in [-0.2, -0.15) is 4.57 Å². The van der Waals surface area contributed by atoms with Crippen LogP contribution in [-0.4, -0.2) is 23.5 Å². The number of carbonyl (C=O) groups excluding carboxylic acids is 1. The second-order valence-corrected chi connectivity index (χ2v) is 5.42. The topological polar surface area (TPSA) is 70.3 Å². The van der Waals surface area contributed by atoms with Gasteiger partial charge in [-0.1, -0.05) is 6.42 Å². The molecule has 0 fully saturated rings. The minimum atomic E-state index is -0.768. The highest BCUT2D eigenvalue weighted by atomic mass is 127. The first-order chi connectivity index (χ1) is 9.00. The molecular weight excluding hydrogens is 359 g/mol. The molecule has 0 unspecified atom stereocenters. The number of unbranched alkanes of at least 4 members (excludes halogenated alkanes) is 2. The summed E-state index contributed by atoms with van der Waals surface area (Å²) in [6.45, 7) is 0.578. The van der Waals surface area contributed by atoms with Gasteiger partial charge in [-0.25, -0.2) is 0 Å². The van der Waals surface area contributed by atoms with Crippen LogP contribution in [0.1, 0.15) is 36.0 Å². The third-order valence-corrected chi connectivity index (χ3v) is 3.81. The summed E-state index contributed by atoms with van der Waals surface area (Å²) in [4.78, 5) is 22.1. The van der Waals surface area contributed by atoms with Crippen LogP contribution in [0.25, 0.3) is 0 Å². The number of amides is 1. The highest BCUT2D eigenvalue weighted by molar-refractivity contribution is 14.1. The summed E-state index contributed by atoms with van der Waals surface area (Å²) >= 11 is 2.20. The SMILES string of the molecule is C[n+]1cc(C(=O)NCCCCCC(=O)O)ccc1I. The van der Waals surface area contributed by atoms with Crippen molar-refractivity contribution in [3.05, 3.63) is 27.6 Å². The average Bonchev–Trinajstić information content (AvgIpc) is 2.36. The van der Waals surface area contributed by atoms with Crippen LogP contribution in [0.15, 0.2) is 18.3 Å². The van der Waals surface area contributed by atoms with E-state index in [-0.39, 0.29) is 12.3 Å². The van der Waals surface area contributed by atoms with Crippen LogP contribution in [-0.2, 0) is 11.8 Å². The predicted octanol–water partition coefficient (Wildman–Crippen LogP) is 1.49. The Morgan fingerprint density at radius 1 is 1.32 bits per heavy atom. The fraction of sp³-hybridized carbons (Fsp3) is 0.462. The van der Waals surface area contributed by atoms with Crippen molar-refractivity contribution >= 4 is 34.5 Å². The first-order valence-electron chi connectivity index (χ1n) is 6.16. The van der Waals surface area contributed by atoms with Crippen molar-refractivity contribution in [3.8, 4) is 0 Å². The van der Waals surface area contributed by atoms with Gasteiger partial charge in [0.1, 0.15) is 12.6 Å². The second-order valence-electron chi connectivity index (χ2n) is 4.31. The molecule has 1 aromatic heterocycles. The summed E-state index contributed by atoms with van der Waals surface area (Å²) in [5, 5.41) is 11.3. The summed E-state index contributed by atoms with van der Waals surface area (Å²) < 4.78 is 2.95. The van der Waals surface area contributed by atoms with Crippen LogP contribution in [0.3, 0.4) is 0 Å². The summed E-state index contributed by atoms with van der Waals surface area (Å²) in [7, 11) is 1.89. The third-order valence-electron chi connectivity index (χ3n) is 2.69. The zero-order valence-corrected chi connectivity index (χ0v) is 13.0. The van der Waals surface area contributed by atoms with Gasteiger partial charge >= 0.3 is 5.97 Å². The Morgan fingerprint density at radius 3 is 2.68 bits per heavy atom. The van der Waals surface area contributed by atoms with E-state index in [1.807, 2.05) is 17.7 Å². The number of hydrogen-bond donors (Lipinski definition) is 2. The van der Waals surface area contributed by atoms with E-state index in [4.69, 9.17) is 5.11 Å². The van der Waals surface area contributed by atoms with Crippen LogP contribution in [0.2, 0.25) is 0 Å². The van der Waals surface area contributed by atoms with Crippen molar-refractivity contribution in [3.63, 3.8) is 0 Å². The molecule has 0 saturated carbocycles. The first kappa shape index (κ1) is 15.9. The van der Waals surface area contributed by atoms with E-state index in [0.29, 0.717) is 18.5 Å². The van der Waals surface area contributed by atoms with Crippen LogP contribution in [0, 0.1) is 3.70 Å². The molecule has 0 aliphatic carbocycles. The van der Waals surface area contributed by atoms with E-state index >= 15 is 0 Å². The minimum absolute atomic E-state index is 0.0924. The molecule has 1 rings (SSSR count). The van der Waals surface area contributed by atoms with Gasteiger partial charge < -0.3 is 10.4 Å². The number of aliphatic carboxylic acids is 1. The standard InChI is InChI=1S/C13H17IN2O3/c1-16-9-10(6-7-11(16)14)13(19)15-8-4-2-3-5-12(17)18/h6-7,9H,2-5,8H2,1H3,(H-,15,17,18,19)/p+1. The molecule has 1 amide bonds. The van der Waals surface area contributed by atoms with E-state index in [2.05, 4.69) is 27.9 Å². The summed E-state index contributed by atoms with van der Waals surface area (Å²) in [6.07, 6.45) is 4.26. The smallest absolute Gasteiger partial charge is 0.303 e. The molecule has 0 bridgehead atoms. The Labute approximate surface area is 126 Å². The maximum absolute atomic E-state index is 11.8. The van der Waals surface area contributed by atoms with Crippen LogP contribution in [0.4, 0.5) is 0 Å². The fourth-order valence-corrected chi connectivity index (χ4v) is 1.92. The maximum atomic E-state index is 11.8. The lowest BCUT2D eigenvalue weighted by Crippen LogP contribution is -2.35. The minimum Gasteiger partial charge on any atom is -0.481 e. The molecule has 0 aromatic carbocycles. The maximum Gasteiger partial charge on any atom is 0.303 e. The number of carboxylic acids is 1. The van der Waals surface area contributed by atoms with Crippen LogP contribution >= 0.6 is 22.6 Å². The van der Waals surface area contributed by atoms with Gasteiger partial charge in [0.05, 0.1) is 0 Å². The highest BCUT2D eigenvalue weighted by Gasteiger charge is 2.10. The highest BCUT2D eigenvalue weighted by Crippen LogP contribution is 2.02. The van der Waals surface area contributed by atoms with Gasteiger partial charge in [0.15, 0.2) is 6.20 Å². The molecule has 0 aliphatic rings. The summed E-state index contributed by atoms with van der Waals surface area (Å²) in [5.74, 6) is -0.861. The van der Waals surface area contributed by atoms with Gasteiger partial charge in [0.25, 0.3) is 5.91 Å². The van der Waals surface area contributed by atoms with Crippen molar-refractivity contribution < 1.29 is 19.3 Å². The molecule has 1 aromatic rings. The Balaban J connectivity index is 2.27. The zero-order valence-electron chi connectivity index (χ0n) is 10.9. The summed E-state index contributed by atoms with van der Waals surface area (Å²) in [6, 6.07) is 3.68. The number of carbonyl (C=O) groups is 2. The van der Waals surface area contributed by atoms with Crippen molar-refractivity contribution in [1.82, 2.24) is 5.32 Å². The normalized spacial score (nSPS) is 10.2. The molecule has 6 heteroatoms. The van der Waals surface area contributed by atoms with E-state index in [0.717, 1.165) is 16.5 Å². The molecule has 0 saturated heterocycles. The van der Waals surface area contributed by atoms with Crippen molar-refractivity contribution in [2.45, 2.75) is 25.7 Å². The quantitative estimate of drug-likeness (QED) is 0.328.